The lowest BCUT2D eigenvalue weighted by Gasteiger charge is -2.10. The van der Waals surface area contributed by atoms with Gasteiger partial charge >= 0.3 is 0 Å². The van der Waals surface area contributed by atoms with Crippen LogP contribution >= 0.6 is 0 Å². The Morgan fingerprint density at radius 1 is 1.05 bits per heavy atom. The number of rotatable bonds is 5. The van der Waals surface area contributed by atoms with Crippen LogP contribution in [0.3, 0.4) is 0 Å². The maximum absolute atomic E-state index is 13.4. The van der Waals surface area contributed by atoms with Gasteiger partial charge in [0.25, 0.3) is 0 Å². The molecule has 2 aromatic rings. The van der Waals surface area contributed by atoms with Crippen LogP contribution in [-0.4, -0.2) is 12.5 Å². The van der Waals surface area contributed by atoms with Gasteiger partial charge < -0.3 is 10.6 Å². The van der Waals surface area contributed by atoms with Gasteiger partial charge in [0.1, 0.15) is 17.3 Å². The molecule has 0 heterocycles. The van der Waals surface area contributed by atoms with Gasteiger partial charge in [-0.1, -0.05) is 32.0 Å². The molecule has 0 saturated heterocycles. The lowest BCUT2D eigenvalue weighted by molar-refractivity contribution is -0.114. The Balaban J connectivity index is 1.93. The third-order valence-electron chi connectivity index (χ3n) is 3.25. The largest absolute Gasteiger partial charge is 0.371 e. The Kier molecular flexibility index (Phi) is 5.09. The molecule has 0 aliphatic heterocycles. The summed E-state index contributed by atoms with van der Waals surface area (Å²) < 4.78 is 26.8. The van der Waals surface area contributed by atoms with E-state index in [9.17, 15) is 13.6 Å². The lowest BCUT2D eigenvalue weighted by Crippen LogP contribution is -2.22. The van der Waals surface area contributed by atoms with E-state index in [2.05, 4.69) is 24.5 Å². The van der Waals surface area contributed by atoms with Gasteiger partial charge in [0, 0.05) is 5.69 Å². The molecular weight excluding hydrogens is 286 g/mol. The fourth-order valence-electron chi connectivity index (χ4n) is 1.99. The molecule has 5 heteroatoms. The molecule has 0 saturated carbocycles. The zero-order chi connectivity index (χ0) is 16.1. The number of anilines is 2. The number of amides is 1. The van der Waals surface area contributed by atoms with E-state index in [0.29, 0.717) is 11.6 Å². The van der Waals surface area contributed by atoms with Crippen LogP contribution in [0.1, 0.15) is 25.3 Å². The van der Waals surface area contributed by atoms with Crippen molar-refractivity contribution >= 4 is 17.3 Å². The number of para-hydroxylation sites is 1. The van der Waals surface area contributed by atoms with Gasteiger partial charge in [-0.15, -0.1) is 0 Å². The van der Waals surface area contributed by atoms with Crippen molar-refractivity contribution in [3.8, 4) is 0 Å². The van der Waals surface area contributed by atoms with Crippen LogP contribution in [0, 0.1) is 11.6 Å². The molecular formula is C17H18F2N2O. The van der Waals surface area contributed by atoms with Gasteiger partial charge in [0.05, 0.1) is 6.54 Å². The van der Waals surface area contributed by atoms with Crippen molar-refractivity contribution in [3.63, 3.8) is 0 Å². The van der Waals surface area contributed by atoms with E-state index in [4.69, 9.17) is 0 Å². The van der Waals surface area contributed by atoms with E-state index >= 15 is 0 Å². The van der Waals surface area contributed by atoms with Crippen LogP contribution in [0.4, 0.5) is 20.2 Å². The van der Waals surface area contributed by atoms with E-state index in [-0.39, 0.29) is 18.1 Å². The SMILES string of the molecule is CC(C)c1ccc(NC(=O)CNc2c(F)cccc2F)cc1. The second-order valence-corrected chi connectivity index (χ2v) is 5.28. The normalized spacial score (nSPS) is 10.6. The first-order valence-corrected chi connectivity index (χ1v) is 7.05. The van der Waals surface area contributed by atoms with Gasteiger partial charge in [-0.05, 0) is 35.7 Å². The number of halogens is 2. The van der Waals surface area contributed by atoms with Crippen molar-refractivity contribution < 1.29 is 13.6 Å². The average molecular weight is 304 g/mol. The van der Waals surface area contributed by atoms with E-state index in [0.717, 1.165) is 12.1 Å². The fraction of sp³-hybridized carbons (Fsp3) is 0.235. The molecule has 3 nitrogen and oxygen atoms in total. The van der Waals surface area contributed by atoms with E-state index in [1.807, 2.05) is 12.1 Å². The minimum absolute atomic E-state index is 0.218. The van der Waals surface area contributed by atoms with Gasteiger partial charge in [-0.3, -0.25) is 4.79 Å². The van der Waals surface area contributed by atoms with Crippen molar-refractivity contribution in [2.75, 3.05) is 17.2 Å². The Labute approximate surface area is 128 Å². The van der Waals surface area contributed by atoms with Crippen molar-refractivity contribution in [1.82, 2.24) is 0 Å². The number of hydrogen-bond donors (Lipinski definition) is 2. The standard InChI is InChI=1S/C17H18F2N2O/c1-11(2)12-6-8-13(9-7-12)21-16(22)10-20-17-14(18)4-3-5-15(17)19/h3-9,11,20H,10H2,1-2H3,(H,21,22). The highest BCUT2D eigenvalue weighted by Crippen LogP contribution is 2.18. The second kappa shape index (κ2) is 7.02. The smallest absolute Gasteiger partial charge is 0.243 e. The molecule has 0 aliphatic carbocycles. The monoisotopic (exact) mass is 304 g/mol. The number of carbonyl (C=O) groups is 1. The molecule has 0 atom stereocenters. The minimum Gasteiger partial charge on any atom is -0.371 e. The topological polar surface area (TPSA) is 41.1 Å². The second-order valence-electron chi connectivity index (χ2n) is 5.28. The number of nitrogens with one attached hydrogen (secondary N) is 2. The van der Waals surface area contributed by atoms with Gasteiger partial charge in [0.15, 0.2) is 0 Å². The van der Waals surface area contributed by atoms with Crippen LogP contribution in [-0.2, 0) is 4.79 Å². The molecule has 0 aromatic heterocycles. The quantitative estimate of drug-likeness (QED) is 0.871. The third-order valence-corrected chi connectivity index (χ3v) is 3.25. The number of carbonyl (C=O) groups excluding carboxylic acids is 1. The fourth-order valence-corrected chi connectivity index (χ4v) is 1.99. The van der Waals surface area contributed by atoms with E-state index in [1.54, 1.807) is 12.1 Å². The summed E-state index contributed by atoms with van der Waals surface area (Å²) in [7, 11) is 0. The Morgan fingerprint density at radius 2 is 1.64 bits per heavy atom. The van der Waals surface area contributed by atoms with Crippen LogP contribution in [0.15, 0.2) is 42.5 Å². The summed E-state index contributed by atoms with van der Waals surface area (Å²) in [5.41, 5.74) is 1.52. The van der Waals surface area contributed by atoms with Gasteiger partial charge in [-0.25, -0.2) is 8.78 Å². The van der Waals surface area contributed by atoms with Gasteiger partial charge in [0.2, 0.25) is 5.91 Å². The third kappa shape index (κ3) is 4.04. The molecule has 0 fully saturated rings. The Morgan fingerprint density at radius 3 is 2.18 bits per heavy atom. The van der Waals surface area contributed by atoms with Crippen molar-refractivity contribution in [3.05, 3.63) is 59.7 Å². The predicted molar refractivity (Wildman–Crippen MR) is 84.0 cm³/mol. The molecule has 0 radical (unpaired) electrons. The van der Waals surface area contributed by atoms with Crippen LogP contribution in [0.2, 0.25) is 0 Å². The van der Waals surface area contributed by atoms with Crippen molar-refractivity contribution in [2.45, 2.75) is 19.8 Å². The summed E-state index contributed by atoms with van der Waals surface area (Å²) >= 11 is 0. The first kappa shape index (κ1) is 15.9. The first-order valence-electron chi connectivity index (χ1n) is 7.05. The van der Waals surface area contributed by atoms with Crippen molar-refractivity contribution in [1.29, 1.82) is 0 Å². The maximum atomic E-state index is 13.4. The van der Waals surface area contributed by atoms with Crippen LogP contribution < -0.4 is 10.6 Å². The van der Waals surface area contributed by atoms with Crippen molar-refractivity contribution in [2.24, 2.45) is 0 Å². The van der Waals surface area contributed by atoms with E-state index < -0.39 is 11.6 Å². The molecule has 0 spiro atoms. The molecule has 2 rings (SSSR count). The molecule has 0 unspecified atom stereocenters. The number of hydrogen-bond acceptors (Lipinski definition) is 2. The maximum Gasteiger partial charge on any atom is 0.243 e. The van der Waals surface area contributed by atoms with Gasteiger partial charge in [-0.2, -0.15) is 0 Å². The molecule has 2 aromatic carbocycles. The molecule has 22 heavy (non-hydrogen) atoms. The predicted octanol–water partition coefficient (Wildman–Crippen LogP) is 4.14. The highest BCUT2D eigenvalue weighted by molar-refractivity contribution is 5.93. The van der Waals surface area contributed by atoms with E-state index in [1.165, 1.54) is 11.6 Å². The summed E-state index contributed by atoms with van der Waals surface area (Å²) in [4.78, 5) is 11.8. The first-order chi connectivity index (χ1) is 10.5. The lowest BCUT2D eigenvalue weighted by atomic mass is 10.0. The summed E-state index contributed by atoms with van der Waals surface area (Å²) in [5.74, 6) is -1.42. The summed E-state index contributed by atoms with van der Waals surface area (Å²) in [6.07, 6.45) is 0. The molecule has 2 N–H and O–H groups in total. The number of benzene rings is 2. The summed E-state index contributed by atoms with van der Waals surface area (Å²) in [5, 5.41) is 5.14. The molecule has 1 amide bonds. The molecule has 0 bridgehead atoms. The molecule has 0 aliphatic rings. The zero-order valence-corrected chi connectivity index (χ0v) is 12.5. The highest BCUT2D eigenvalue weighted by Gasteiger charge is 2.10. The highest BCUT2D eigenvalue weighted by atomic mass is 19.1. The Bertz CT molecular complexity index is 634. The minimum atomic E-state index is -0.728. The molecule has 116 valence electrons. The summed E-state index contributed by atoms with van der Waals surface area (Å²) in [6.45, 7) is 3.95. The summed E-state index contributed by atoms with van der Waals surface area (Å²) in [6, 6.07) is 11.0. The average Bonchev–Trinajstić information content (AvgIpc) is 2.47. The Hall–Kier alpha value is -2.43. The zero-order valence-electron chi connectivity index (χ0n) is 12.5. The van der Waals surface area contributed by atoms with Crippen LogP contribution in [0.5, 0.6) is 0 Å². The van der Waals surface area contributed by atoms with Crippen LogP contribution in [0.25, 0.3) is 0 Å².